The van der Waals surface area contributed by atoms with Gasteiger partial charge in [-0.25, -0.2) is 0 Å². The Labute approximate surface area is 125 Å². The van der Waals surface area contributed by atoms with Crippen molar-refractivity contribution in [2.75, 3.05) is 19.6 Å². The van der Waals surface area contributed by atoms with Crippen LogP contribution in [0.3, 0.4) is 0 Å². The minimum absolute atomic E-state index is 0.318. The van der Waals surface area contributed by atoms with Gasteiger partial charge < -0.3 is 14.9 Å². The van der Waals surface area contributed by atoms with Crippen molar-refractivity contribution in [3.05, 3.63) is 0 Å². The van der Waals surface area contributed by atoms with Crippen molar-refractivity contribution in [2.45, 2.75) is 38.9 Å². The Morgan fingerprint density at radius 1 is 1.45 bits per heavy atom. The number of hydrogen-bond acceptors (Lipinski definition) is 3. The topological polar surface area (TPSA) is 77.9 Å². The monoisotopic (exact) mass is 324 g/mol. The molecule has 1 aliphatic rings. The molecule has 1 rings (SSSR count). The SMILES string of the molecule is CCC(C)N(CC(=O)O)C(=O)C1CC(=O)N(CC(F)(F)F)C1. The van der Waals surface area contributed by atoms with Crippen molar-refractivity contribution in [1.82, 2.24) is 9.80 Å². The average Bonchev–Trinajstić information content (AvgIpc) is 2.73. The summed E-state index contributed by atoms with van der Waals surface area (Å²) in [4.78, 5) is 36.5. The Morgan fingerprint density at radius 2 is 2.05 bits per heavy atom. The van der Waals surface area contributed by atoms with Gasteiger partial charge >= 0.3 is 12.1 Å². The summed E-state index contributed by atoms with van der Waals surface area (Å²) in [5.74, 6) is -3.46. The van der Waals surface area contributed by atoms with E-state index in [1.165, 1.54) is 0 Å². The fourth-order valence-corrected chi connectivity index (χ4v) is 2.36. The van der Waals surface area contributed by atoms with E-state index in [4.69, 9.17) is 5.11 Å². The van der Waals surface area contributed by atoms with E-state index in [9.17, 15) is 27.6 Å². The molecule has 1 fully saturated rings. The number of nitrogens with zero attached hydrogens (tertiary/aromatic N) is 2. The van der Waals surface area contributed by atoms with Crippen molar-refractivity contribution < 1.29 is 32.7 Å². The number of carbonyl (C=O) groups excluding carboxylic acids is 2. The summed E-state index contributed by atoms with van der Waals surface area (Å²) in [6.45, 7) is 1.17. The first-order valence-electron chi connectivity index (χ1n) is 6.92. The molecule has 0 aromatic heterocycles. The molecule has 9 heteroatoms. The van der Waals surface area contributed by atoms with Crippen molar-refractivity contribution in [2.24, 2.45) is 5.92 Å². The zero-order valence-electron chi connectivity index (χ0n) is 12.4. The molecule has 2 unspecified atom stereocenters. The summed E-state index contributed by atoms with van der Waals surface area (Å²) >= 11 is 0. The summed E-state index contributed by atoms with van der Waals surface area (Å²) in [5.41, 5.74) is 0. The van der Waals surface area contributed by atoms with Crippen LogP contribution < -0.4 is 0 Å². The molecule has 1 aliphatic heterocycles. The molecule has 2 atom stereocenters. The molecule has 1 heterocycles. The molecule has 1 N–H and O–H groups in total. The zero-order chi connectivity index (χ0) is 17.1. The Bertz CT molecular complexity index is 453. The Balaban J connectivity index is 2.79. The lowest BCUT2D eigenvalue weighted by Gasteiger charge is -2.29. The van der Waals surface area contributed by atoms with E-state index in [2.05, 4.69) is 0 Å². The van der Waals surface area contributed by atoms with Gasteiger partial charge in [0.25, 0.3) is 0 Å². The van der Waals surface area contributed by atoms with Gasteiger partial charge in [-0.3, -0.25) is 14.4 Å². The van der Waals surface area contributed by atoms with Crippen LogP contribution >= 0.6 is 0 Å². The first-order chi connectivity index (χ1) is 10.0. The predicted molar refractivity (Wildman–Crippen MR) is 69.8 cm³/mol. The molecule has 2 amide bonds. The second-order valence-electron chi connectivity index (χ2n) is 5.41. The second-order valence-corrected chi connectivity index (χ2v) is 5.41. The fraction of sp³-hybridized carbons (Fsp3) is 0.769. The number of carboxylic acids is 1. The highest BCUT2D eigenvalue weighted by Gasteiger charge is 2.42. The Kier molecular flexibility index (Phi) is 5.78. The van der Waals surface area contributed by atoms with E-state index in [1.807, 2.05) is 0 Å². The molecule has 1 saturated heterocycles. The zero-order valence-corrected chi connectivity index (χ0v) is 12.4. The molecular weight excluding hydrogens is 305 g/mol. The molecule has 22 heavy (non-hydrogen) atoms. The maximum Gasteiger partial charge on any atom is 0.406 e. The van der Waals surface area contributed by atoms with E-state index in [0.717, 1.165) is 4.90 Å². The standard InChI is InChI=1S/C13H19F3N2O4/c1-3-8(2)18(6-11(20)21)12(22)9-4-10(19)17(5-9)7-13(14,15)16/h8-9H,3-7H2,1-2H3,(H,20,21). The van der Waals surface area contributed by atoms with Gasteiger partial charge in [0, 0.05) is 19.0 Å². The third-order valence-corrected chi connectivity index (χ3v) is 3.65. The number of amides is 2. The molecule has 0 spiro atoms. The summed E-state index contributed by atoms with van der Waals surface area (Å²) in [7, 11) is 0. The fourth-order valence-electron chi connectivity index (χ4n) is 2.36. The number of hydrogen-bond donors (Lipinski definition) is 1. The lowest BCUT2D eigenvalue weighted by molar-refractivity contribution is -0.157. The average molecular weight is 324 g/mol. The van der Waals surface area contributed by atoms with Crippen LogP contribution in [-0.2, 0) is 14.4 Å². The number of carbonyl (C=O) groups is 3. The van der Waals surface area contributed by atoms with Gasteiger partial charge in [0.2, 0.25) is 11.8 Å². The number of rotatable bonds is 6. The van der Waals surface area contributed by atoms with Gasteiger partial charge in [-0.05, 0) is 13.3 Å². The maximum absolute atomic E-state index is 12.4. The molecule has 0 bridgehead atoms. The van der Waals surface area contributed by atoms with Crippen LogP contribution in [0.25, 0.3) is 0 Å². The van der Waals surface area contributed by atoms with Crippen molar-refractivity contribution in [3.8, 4) is 0 Å². The van der Waals surface area contributed by atoms with Gasteiger partial charge in [0.15, 0.2) is 0 Å². The quantitative estimate of drug-likeness (QED) is 0.794. The summed E-state index contributed by atoms with van der Waals surface area (Å²) < 4.78 is 37.1. The van der Waals surface area contributed by atoms with Crippen LogP contribution in [0.1, 0.15) is 26.7 Å². The third kappa shape index (κ3) is 4.88. The highest BCUT2D eigenvalue weighted by molar-refractivity contribution is 5.90. The largest absolute Gasteiger partial charge is 0.480 e. The molecule has 6 nitrogen and oxygen atoms in total. The molecule has 0 saturated carbocycles. The van der Waals surface area contributed by atoms with Crippen molar-refractivity contribution in [3.63, 3.8) is 0 Å². The van der Waals surface area contributed by atoms with E-state index < -0.39 is 43.0 Å². The highest BCUT2D eigenvalue weighted by Crippen LogP contribution is 2.25. The second kappa shape index (κ2) is 6.97. The van der Waals surface area contributed by atoms with Gasteiger partial charge in [-0.15, -0.1) is 0 Å². The Hall–Kier alpha value is -1.80. The maximum atomic E-state index is 12.4. The van der Waals surface area contributed by atoms with Gasteiger partial charge in [0.1, 0.15) is 13.1 Å². The van der Waals surface area contributed by atoms with E-state index in [0.29, 0.717) is 11.3 Å². The summed E-state index contributed by atoms with van der Waals surface area (Å²) in [6.07, 6.45) is -4.33. The van der Waals surface area contributed by atoms with Crippen LogP contribution in [0, 0.1) is 5.92 Å². The lowest BCUT2D eigenvalue weighted by atomic mass is 10.1. The van der Waals surface area contributed by atoms with Gasteiger partial charge in [0.05, 0.1) is 5.92 Å². The normalized spacial score (nSPS) is 20.1. The van der Waals surface area contributed by atoms with Crippen LogP contribution in [-0.4, -0.2) is 64.5 Å². The first kappa shape index (κ1) is 18.2. The van der Waals surface area contributed by atoms with Crippen LogP contribution in [0.15, 0.2) is 0 Å². The number of alkyl halides is 3. The Morgan fingerprint density at radius 3 is 2.50 bits per heavy atom. The van der Waals surface area contributed by atoms with Gasteiger partial charge in [-0.1, -0.05) is 6.92 Å². The minimum atomic E-state index is -4.52. The lowest BCUT2D eigenvalue weighted by Crippen LogP contribution is -2.45. The van der Waals surface area contributed by atoms with Crippen LogP contribution in [0.2, 0.25) is 0 Å². The molecule has 0 radical (unpaired) electrons. The number of likely N-dealkylation sites (tertiary alicyclic amines) is 1. The smallest absolute Gasteiger partial charge is 0.406 e. The van der Waals surface area contributed by atoms with Crippen molar-refractivity contribution >= 4 is 17.8 Å². The van der Waals surface area contributed by atoms with Crippen LogP contribution in [0.5, 0.6) is 0 Å². The minimum Gasteiger partial charge on any atom is -0.480 e. The number of aliphatic carboxylic acids is 1. The third-order valence-electron chi connectivity index (χ3n) is 3.65. The molecular formula is C13H19F3N2O4. The van der Waals surface area contributed by atoms with E-state index in [1.54, 1.807) is 13.8 Å². The highest BCUT2D eigenvalue weighted by atomic mass is 19.4. The van der Waals surface area contributed by atoms with Crippen molar-refractivity contribution in [1.29, 1.82) is 0 Å². The number of halogens is 3. The molecule has 0 aromatic carbocycles. The predicted octanol–water partition coefficient (Wildman–Crippen LogP) is 1.11. The molecule has 0 aromatic rings. The summed E-state index contributed by atoms with van der Waals surface area (Å²) in [6, 6.07) is -0.365. The van der Waals surface area contributed by atoms with Crippen LogP contribution in [0.4, 0.5) is 13.2 Å². The molecule has 0 aliphatic carbocycles. The first-order valence-corrected chi connectivity index (χ1v) is 6.92. The van der Waals surface area contributed by atoms with E-state index >= 15 is 0 Å². The van der Waals surface area contributed by atoms with E-state index in [-0.39, 0.29) is 19.0 Å². The van der Waals surface area contributed by atoms with Gasteiger partial charge in [-0.2, -0.15) is 13.2 Å². The summed E-state index contributed by atoms with van der Waals surface area (Å²) in [5, 5.41) is 8.86. The number of carboxylic acid groups (broad SMARTS) is 1. The molecule has 126 valence electrons.